The molecule has 0 fully saturated rings. The number of unbranched alkanes of at least 4 members (excludes halogenated alkanes) is 1. The number of carbonyl (C=O) groups excluding carboxylic acids is 1. The van der Waals surface area contributed by atoms with Crippen LogP contribution in [-0.2, 0) is 4.79 Å². The Hall–Kier alpha value is -1.67. The second-order valence-corrected chi connectivity index (χ2v) is 7.38. The number of thioether (sulfide) groups is 1. The van der Waals surface area contributed by atoms with Crippen LogP contribution in [0.1, 0.15) is 37.8 Å². The lowest BCUT2D eigenvalue weighted by molar-refractivity contribution is -0.129. The Morgan fingerprint density at radius 2 is 2.30 bits per heavy atom. The zero-order valence-corrected chi connectivity index (χ0v) is 14.9. The van der Waals surface area contributed by atoms with Crippen molar-refractivity contribution in [2.24, 2.45) is 0 Å². The van der Waals surface area contributed by atoms with Crippen molar-refractivity contribution < 1.29 is 4.79 Å². The van der Waals surface area contributed by atoms with Gasteiger partial charge in [0.1, 0.15) is 0 Å². The topological polar surface area (TPSA) is 85.0 Å². The molecule has 0 aliphatic rings. The third kappa shape index (κ3) is 5.18. The van der Waals surface area contributed by atoms with Gasteiger partial charge in [0.25, 0.3) is 0 Å². The first-order chi connectivity index (χ1) is 11.1. The first kappa shape index (κ1) is 17.7. The first-order valence-electron chi connectivity index (χ1n) is 7.49. The molecule has 0 unspecified atom stereocenters. The van der Waals surface area contributed by atoms with E-state index in [9.17, 15) is 4.79 Å². The normalized spacial score (nSPS) is 12.1. The quantitative estimate of drug-likeness (QED) is 0.736. The van der Waals surface area contributed by atoms with E-state index in [1.807, 2.05) is 30.3 Å². The Kier molecular flexibility index (Phi) is 6.79. The summed E-state index contributed by atoms with van der Waals surface area (Å²) in [6, 6.07) is 3.98. The molecular formula is C15H21N5OS2. The number of hydrogen-bond acceptors (Lipinski definition) is 7. The van der Waals surface area contributed by atoms with E-state index >= 15 is 0 Å². The molecule has 1 atom stereocenters. The number of aromatic nitrogens is 3. The molecule has 2 N–H and O–H groups in total. The first-order valence-corrected chi connectivity index (χ1v) is 9.29. The molecule has 0 saturated heterocycles. The number of hydrogen-bond donors (Lipinski definition) is 1. The highest BCUT2D eigenvalue weighted by Gasteiger charge is 2.21. The SMILES string of the molecule is CCCC[C@@H](c1cccnc1)N(C)C(=O)CSc1nnc(N)s1. The Morgan fingerprint density at radius 1 is 1.48 bits per heavy atom. The van der Waals surface area contributed by atoms with E-state index in [2.05, 4.69) is 22.1 Å². The summed E-state index contributed by atoms with van der Waals surface area (Å²) >= 11 is 2.67. The van der Waals surface area contributed by atoms with E-state index in [4.69, 9.17) is 5.73 Å². The minimum atomic E-state index is 0.0521. The Labute approximate surface area is 144 Å². The summed E-state index contributed by atoms with van der Waals surface area (Å²) in [5.41, 5.74) is 6.62. The fourth-order valence-electron chi connectivity index (χ4n) is 2.23. The molecule has 6 nitrogen and oxygen atoms in total. The van der Waals surface area contributed by atoms with Gasteiger partial charge in [-0.05, 0) is 18.1 Å². The van der Waals surface area contributed by atoms with Gasteiger partial charge in [-0.2, -0.15) is 0 Å². The van der Waals surface area contributed by atoms with Crippen LogP contribution >= 0.6 is 23.1 Å². The lowest BCUT2D eigenvalue weighted by atomic mass is 10.0. The van der Waals surface area contributed by atoms with Crippen LogP contribution in [0.25, 0.3) is 0 Å². The number of nitrogens with zero attached hydrogens (tertiary/aromatic N) is 4. The summed E-state index contributed by atoms with van der Waals surface area (Å²) in [6.45, 7) is 2.15. The second-order valence-electron chi connectivity index (χ2n) is 5.14. The average molecular weight is 352 g/mol. The molecule has 0 aliphatic carbocycles. The number of nitrogens with two attached hydrogens (primary N) is 1. The molecule has 2 heterocycles. The summed E-state index contributed by atoms with van der Waals surface area (Å²) < 4.78 is 0.718. The standard InChI is InChI=1S/C15H21N5OS2/c1-3-4-7-12(11-6-5-8-17-9-11)20(2)13(21)10-22-15-19-18-14(16)23-15/h5-6,8-9,12H,3-4,7,10H2,1-2H3,(H2,16,18)/t12-/m0/s1. The van der Waals surface area contributed by atoms with E-state index in [-0.39, 0.29) is 11.9 Å². The maximum Gasteiger partial charge on any atom is 0.233 e. The zero-order valence-electron chi connectivity index (χ0n) is 13.3. The van der Waals surface area contributed by atoms with Crippen molar-refractivity contribution in [1.29, 1.82) is 0 Å². The van der Waals surface area contributed by atoms with Crippen molar-refractivity contribution in [3.05, 3.63) is 30.1 Å². The molecule has 23 heavy (non-hydrogen) atoms. The van der Waals surface area contributed by atoms with Gasteiger partial charge >= 0.3 is 0 Å². The van der Waals surface area contributed by atoms with Gasteiger partial charge in [0.2, 0.25) is 11.0 Å². The fraction of sp³-hybridized carbons (Fsp3) is 0.467. The van der Waals surface area contributed by atoms with E-state index < -0.39 is 0 Å². The predicted octanol–water partition coefficient (Wildman–Crippen LogP) is 3.00. The number of nitrogen functional groups attached to an aromatic ring is 1. The van der Waals surface area contributed by atoms with Crippen molar-refractivity contribution >= 4 is 34.1 Å². The molecule has 2 rings (SSSR count). The number of anilines is 1. The Morgan fingerprint density at radius 3 is 2.91 bits per heavy atom. The van der Waals surface area contributed by atoms with Gasteiger partial charge in [-0.1, -0.05) is 48.9 Å². The van der Waals surface area contributed by atoms with Crippen molar-refractivity contribution in [2.75, 3.05) is 18.5 Å². The van der Waals surface area contributed by atoms with Crippen LogP contribution in [0.15, 0.2) is 28.9 Å². The van der Waals surface area contributed by atoms with E-state index in [0.29, 0.717) is 10.9 Å². The van der Waals surface area contributed by atoms with Crippen LogP contribution in [0.2, 0.25) is 0 Å². The van der Waals surface area contributed by atoms with Gasteiger partial charge in [0.05, 0.1) is 11.8 Å². The van der Waals surface area contributed by atoms with Gasteiger partial charge in [-0.3, -0.25) is 9.78 Å². The predicted molar refractivity (Wildman–Crippen MR) is 94.3 cm³/mol. The van der Waals surface area contributed by atoms with Crippen molar-refractivity contribution in [2.45, 2.75) is 36.6 Å². The Balaban J connectivity index is 2.00. The van der Waals surface area contributed by atoms with Crippen LogP contribution in [0.5, 0.6) is 0 Å². The minimum absolute atomic E-state index is 0.0521. The van der Waals surface area contributed by atoms with E-state index in [0.717, 1.165) is 29.2 Å². The second kappa shape index (κ2) is 8.83. The monoisotopic (exact) mass is 351 g/mol. The zero-order chi connectivity index (χ0) is 16.7. The Bertz CT molecular complexity index is 619. The molecule has 0 bridgehead atoms. The lowest BCUT2D eigenvalue weighted by Crippen LogP contribution is -2.32. The van der Waals surface area contributed by atoms with Crippen LogP contribution in [0.3, 0.4) is 0 Å². The molecule has 8 heteroatoms. The van der Waals surface area contributed by atoms with Crippen molar-refractivity contribution in [1.82, 2.24) is 20.1 Å². The maximum absolute atomic E-state index is 12.5. The summed E-state index contributed by atoms with van der Waals surface area (Å²) in [5.74, 6) is 0.391. The molecule has 2 aromatic heterocycles. The third-order valence-corrected chi connectivity index (χ3v) is 5.37. The van der Waals surface area contributed by atoms with Crippen molar-refractivity contribution in [3.8, 4) is 0 Å². The molecule has 0 radical (unpaired) electrons. The molecule has 124 valence electrons. The fourth-order valence-corrected chi connectivity index (χ4v) is 3.79. The maximum atomic E-state index is 12.5. The minimum Gasteiger partial charge on any atom is -0.374 e. The highest BCUT2D eigenvalue weighted by atomic mass is 32.2. The van der Waals surface area contributed by atoms with Gasteiger partial charge in [0.15, 0.2) is 4.34 Å². The number of amides is 1. The number of rotatable bonds is 8. The number of carbonyl (C=O) groups is 1. The van der Waals surface area contributed by atoms with Crippen molar-refractivity contribution in [3.63, 3.8) is 0 Å². The average Bonchev–Trinajstić information content (AvgIpc) is 2.99. The van der Waals surface area contributed by atoms with Crippen LogP contribution in [0.4, 0.5) is 5.13 Å². The highest BCUT2D eigenvalue weighted by molar-refractivity contribution is 8.01. The largest absolute Gasteiger partial charge is 0.374 e. The van der Waals surface area contributed by atoms with Gasteiger partial charge in [0, 0.05) is 19.4 Å². The summed E-state index contributed by atoms with van der Waals surface area (Å²) in [7, 11) is 1.85. The molecule has 0 saturated carbocycles. The molecule has 0 spiro atoms. The van der Waals surface area contributed by atoms with Crippen LogP contribution in [0, 0.1) is 0 Å². The molecule has 0 aromatic carbocycles. The van der Waals surface area contributed by atoms with E-state index in [1.54, 1.807) is 6.20 Å². The number of pyridine rings is 1. The third-order valence-electron chi connectivity index (χ3n) is 3.50. The van der Waals surface area contributed by atoms with Gasteiger partial charge < -0.3 is 10.6 Å². The van der Waals surface area contributed by atoms with Gasteiger partial charge in [-0.25, -0.2) is 0 Å². The molecule has 1 amide bonds. The highest BCUT2D eigenvalue weighted by Crippen LogP contribution is 2.27. The van der Waals surface area contributed by atoms with Crippen LogP contribution in [-0.4, -0.2) is 38.8 Å². The lowest BCUT2D eigenvalue weighted by Gasteiger charge is -2.28. The molecular weight excluding hydrogens is 330 g/mol. The van der Waals surface area contributed by atoms with Crippen LogP contribution < -0.4 is 5.73 Å². The summed E-state index contributed by atoms with van der Waals surface area (Å²) in [6.07, 6.45) is 6.68. The summed E-state index contributed by atoms with van der Waals surface area (Å²) in [4.78, 5) is 18.5. The summed E-state index contributed by atoms with van der Waals surface area (Å²) in [5, 5.41) is 8.10. The van der Waals surface area contributed by atoms with E-state index in [1.165, 1.54) is 23.1 Å². The smallest absolute Gasteiger partial charge is 0.233 e. The molecule has 0 aliphatic heterocycles. The van der Waals surface area contributed by atoms with Gasteiger partial charge in [-0.15, -0.1) is 10.2 Å². The molecule has 2 aromatic rings.